The van der Waals surface area contributed by atoms with E-state index >= 15 is 0 Å². The molecule has 194 valence electrons. The van der Waals surface area contributed by atoms with Crippen LogP contribution in [0.3, 0.4) is 0 Å². The number of rotatable bonds is 9. The second kappa shape index (κ2) is 12.5. The summed E-state index contributed by atoms with van der Waals surface area (Å²) in [6.07, 6.45) is 9.60. The van der Waals surface area contributed by atoms with E-state index < -0.39 is 22.9 Å². The Kier molecular flexibility index (Phi) is 9.95. The van der Waals surface area contributed by atoms with Gasteiger partial charge in [-0.05, 0) is 78.1 Å². The van der Waals surface area contributed by atoms with Crippen molar-refractivity contribution in [2.75, 3.05) is 19.7 Å². The number of carbonyl (C=O) groups is 3. The average Bonchev–Trinajstić information content (AvgIpc) is 3.48. The van der Waals surface area contributed by atoms with Gasteiger partial charge in [-0.2, -0.15) is 0 Å². The van der Waals surface area contributed by atoms with E-state index in [-0.39, 0.29) is 24.5 Å². The van der Waals surface area contributed by atoms with Crippen molar-refractivity contribution in [2.24, 2.45) is 11.7 Å². The van der Waals surface area contributed by atoms with Gasteiger partial charge in [0, 0.05) is 29.1 Å². The van der Waals surface area contributed by atoms with E-state index in [1.807, 2.05) is 13.8 Å². The molecule has 3 rings (SSSR count). The zero-order chi connectivity index (χ0) is 24.7. The van der Waals surface area contributed by atoms with Crippen molar-refractivity contribution in [3.63, 3.8) is 0 Å². The van der Waals surface area contributed by atoms with Crippen LogP contribution in [0.15, 0.2) is 0 Å². The molecule has 1 saturated heterocycles. The number of ether oxygens (including phenoxy) is 1. The van der Waals surface area contributed by atoms with Crippen LogP contribution in [-0.4, -0.2) is 70.6 Å². The largest absolute Gasteiger partial charge is 0.450 e. The summed E-state index contributed by atoms with van der Waals surface area (Å²) in [6, 6.07) is -0.966. The molecule has 2 aliphatic carbocycles. The summed E-state index contributed by atoms with van der Waals surface area (Å²) < 4.78 is 4.60. The molecule has 0 spiro atoms. The van der Waals surface area contributed by atoms with Crippen molar-refractivity contribution in [3.05, 3.63) is 0 Å². The molecule has 1 aliphatic heterocycles. The van der Waals surface area contributed by atoms with E-state index in [1.54, 1.807) is 23.6 Å². The van der Waals surface area contributed by atoms with Gasteiger partial charge < -0.3 is 26.0 Å². The minimum Gasteiger partial charge on any atom is -0.450 e. The molecule has 34 heavy (non-hydrogen) atoms. The third-order valence-electron chi connectivity index (χ3n) is 7.55. The number of carbonyl (C=O) groups excluding carboxylic acids is 3. The molecule has 0 unspecified atom stereocenters. The first-order chi connectivity index (χ1) is 16.2. The number of nitrogens with one attached hydrogen (secondary N) is 2. The maximum absolute atomic E-state index is 13.8. The Labute approximate surface area is 208 Å². The van der Waals surface area contributed by atoms with Crippen molar-refractivity contribution in [1.29, 1.82) is 0 Å². The van der Waals surface area contributed by atoms with Crippen LogP contribution >= 0.6 is 11.8 Å². The Morgan fingerprint density at radius 3 is 2.38 bits per heavy atom. The maximum atomic E-state index is 13.8. The molecule has 2 saturated carbocycles. The SMILES string of the molecule is CCOC(=O)N[C@@H](C(=O)N1CCC[C@H]1C(=O)NC[C@H]1CC[C@H](N)CC1)C(C)(C)SC1CCCC1. The van der Waals surface area contributed by atoms with Crippen molar-refractivity contribution in [3.8, 4) is 0 Å². The lowest BCUT2D eigenvalue weighted by Gasteiger charge is -2.38. The summed E-state index contributed by atoms with van der Waals surface area (Å²) >= 11 is 1.78. The standard InChI is InChI=1S/C25H44N4O4S/c1-4-33-24(32)28-21(25(2,3)34-19-8-5-6-9-19)23(31)29-15-7-10-20(29)22(30)27-16-17-11-13-18(26)14-12-17/h17-21H,4-16,26H2,1-3H3,(H,27,30)(H,28,32)/t17-,18-,20-,21-/m0/s1. The van der Waals surface area contributed by atoms with Gasteiger partial charge in [-0.1, -0.05) is 12.8 Å². The molecule has 0 aromatic carbocycles. The van der Waals surface area contributed by atoms with E-state index in [4.69, 9.17) is 10.5 Å². The van der Waals surface area contributed by atoms with Crippen molar-refractivity contribution in [1.82, 2.24) is 15.5 Å². The fraction of sp³-hybridized carbons (Fsp3) is 0.880. The molecule has 3 aliphatic rings. The van der Waals surface area contributed by atoms with Gasteiger partial charge in [0.05, 0.1) is 6.61 Å². The first-order valence-electron chi connectivity index (χ1n) is 13.2. The van der Waals surface area contributed by atoms with Gasteiger partial charge in [0.2, 0.25) is 11.8 Å². The topological polar surface area (TPSA) is 114 Å². The fourth-order valence-electron chi connectivity index (χ4n) is 5.55. The van der Waals surface area contributed by atoms with Gasteiger partial charge in [0.1, 0.15) is 12.1 Å². The van der Waals surface area contributed by atoms with Gasteiger partial charge in [-0.15, -0.1) is 11.8 Å². The lowest BCUT2D eigenvalue weighted by molar-refractivity contribution is -0.140. The summed E-state index contributed by atoms with van der Waals surface area (Å²) in [4.78, 5) is 41.0. The van der Waals surface area contributed by atoms with E-state index in [2.05, 4.69) is 10.6 Å². The van der Waals surface area contributed by atoms with E-state index in [0.29, 0.717) is 30.7 Å². The number of hydrogen-bond acceptors (Lipinski definition) is 6. The molecular formula is C25H44N4O4S. The quantitative estimate of drug-likeness (QED) is 0.452. The van der Waals surface area contributed by atoms with Crippen LogP contribution in [0.4, 0.5) is 4.79 Å². The van der Waals surface area contributed by atoms with Crippen LogP contribution in [0.25, 0.3) is 0 Å². The van der Waals surface area contributed by atoms with Crippen molar-refractivity contribution < 1.29 is 19.1 Å². The van der Waals surface area contributed by atoms with Crippen LogP contribution < -0.4 is 16.4 Å². The number of hydrogen-bond donors (Lipinski definition) is 3. The highest BCUT2D eigenvalue weighted by Gasteiger charge is 2.45. The van der Waals surface area contributed by atoms with Crippen LogP contribution in [-0.2, 0) is 14.3 Å². The van der Waals surface area contributed by atoms with Gasteiger partial charge in [0.15, 0.2) is 0 Å². The molecule has 0 bridgehead atoms. The summed E-state index contributed by atoms with van der Waals surface area (Å²) in [5, 5.41) is 6.42. The van der Waals surface area contributed by atoms with Gasteiger partial charge in [-0.3, -0.25) is 9.59 Å². The Bertz CT molecular complexity index is 705. The smallest absolute Gasteiger partial charge is 0.407 e. The van der Waals surface area contributed by atoms with Crippen molar-refractivity contribution >= 4 is 29.7 Å². The molecule has 0 aromatic heterocycles. The number of nitrogens with zero attached hydrogens (tertiary/aromatic N) is 1. The molecule has 3 fully saturated rings. The first kappa shape index (κ1) is 27.1. The molecule has 0 aromatic rings. The number of thioether (sulfide) groups is 1. The molecule has 3 amide bonds. The average molecular weight is 497 g/mol. The Morgan fingerprint density at radius 2 is 1.74 bits per heavy atom. The Hall–Kier alpha value is -1.48. The monoisotopic (exact) mass is 496 g/mol. The zero-order valence-corrected chi connectivity index (χ0v) is 22.0. The highest BCUT2D eigenvalue weighted by molar-refractivity contribution is 8.01. The molecule has 1 heterocycles. The third-order valence-corrected chi connectivity index (χ3v) is 9.20. The Balaban J connectivity index is 1.66. The summed E-state index contributed by atoms with van der Waals surface area (Å²) in [5.74, 6) is 0.177. The summed E-state index contributed by atoms with van der Waals surface area (Å²) in [5.41, 5.74) is 6.00. The second-order valence-electron chi connectivity index (χ2n) is 10.6. The lowest BCUT2D eigenvalue weighted by Crippen LogP contribution is -2.60. The Morgan fingerprint density at radius 1 is 1.06 bits per heavy atom. The van der Waals surface area contributed by atoms with Crippen LogP contribution in [0.5, 0.6) is 0 Å². The molecule has 2 atom stereocenters. The van der Waals surface area contributed by atoms with Gasteiger partial charge in [0.25, 0.3) is 0 Å². The molecule has 8 nitrogen and oxygen atoms in total. The number of nitrogens with two attached hydrogens (primary N) is 1. The second-order valence-corrected chi connectivity index (χ2v) is 12.6. The number of likely N-dealkylation sites (tertiary alicyclic amines) is 1. The van der Waals surface area contributed by atoms with Gasteiger partial charge in [-0.25, -0.2) is 4.79 Å². The highest BCUT2D eigenvalue weighted by Crippen LogP contribution is 2.40. The van der Waals surface area contributed by atoms with E-state index in [1.165, 1.54) is 12.8 Å². The van der Waals surface area contributed by atoms with Crippen LogP contribution in [0.1, 0.15) is 85.0 Å². The molecule has 9 heteroatoms. The maximum Gasteiger partial charge on any atom is 0.407 e. The molecule has 0 radical (unpaired) electrons. The normalized spacial score (nSPS) is 26.8. The highest BCUT2D eigenvalue weighted by atomic mass is 32.2. The fourth-order valence-corrected chi connectivity index (χ4v) is 7.28. The van der Waals surface area contributed by atoms with E-state index in [0.717, 1.165) is 44.9 Å². The lowest BCUT2D eigenvalue weighted by atomic mass is 9.86. The first-order valence-corrected chi connectivity index (χ1v) is 14.0. The number of alkyl carbamates (subject to hydrolysis) is 1. The zero-order valence-electron chi connectivity index (χ0n) is 21.1. The van der Waals surface area contributed by atoms with Crippen LogP contribution in [0, 0.1) is 5.92 Å². The molecule has 4 N–H and O–H groups in total. The number of amides is 3. The van der Waals surface area contributed by atoms with Gasteiger partial charge >= 0.3 is 6.09 Å². The minimum atomic E-state index is -0.759. The minimum absolute atomic E-state index is 0.0862. The predicted molar refractivity (Wildman–Crippen MR) is 136 cm³/mol. The van der Waals surface area contributed by atoms with Crippen molar-refractivity contribution in [2.45, 2.75) is 113 Å². The third kappa shape index (κ3) is 7.26. The summed E-state index contributed by atoms with van der Waals surface area (Å²) in [7, 11) is 0. The van der Waals surface area contributed by atoms with E-state index in [9.17, 15) is 14.4 Å². The van der Waals surface area contributed by atoms with Crippen LogP contribution in [0.2, 0.25) is 0 Å². The predicted octanol–water partition coefficient (Wildman–Crippen LogP) is 3.18. The molecular weight excluding hydrogens is 452 g/mol. The summed E-state index contributed by atoms with van der Waals surface area (Å²) in [6.45, 7) is 7.19.